The fourth-order valence-corrected chi connectivity index (χ4v) is 1.56. The number of nitrogens with two attached hydrogens (primary N) is 1. The molecule has 0 aliphatic carbocycles. The minimum absolute atomic E-state index is 0.0444. The van der Waals surface area contributed by atoms with Crippen LogP contribution in [0.4, 0.5) is 0 Å². The summed E-state index contributed by atoms with van der Waals surface area (Å²) in [6, 6.07) is 0.0444. The first-order chi connectivity index (χ1) is 6.68. The van der Waals surface area contributed by atoms with E-state index in [9.17, 15) is 0 Å². The minimum atomic E-state index is 0.0444. The quantitative estimate of drug-likeness (QED) is 0.716. The number of rotatable bonds is 2. The summed E-state index contributed by atoms with van der Waals surface area (Å²) in [5.41, 5.74) is 5.88. The summed E-state index contributed by atoms with van der Waals surface area (Å²) >= 11 is 0. The number of hydrogen-bond acceptors (Lipinski definition) is 4. The molecule has 1 aromatic heterocycles. The number of nitrogens with one attached hydrogen (secondary N) is 1. The van der Waals surface area contributed by atoms with Crippen molar-refractivity contribution in [1.82, 2.24) is 15.2 Å². The number of aromatic nitrogens is 3. The lowest BCUT2D eigenvalue weighted by molar-refractivity contribution is 0.190. The maximum absolute atomic E-state index is 5.88. The molecule has 1 saturated heterocycles. The van der Waals surface area contributed by atoms with E-state index in [0.29, 0.717) is 19.1 Å². The summed E-state index contributed by atoms with van der Waals surface area (Å²) in [5.74, 6) is 2.23. The van der Waals surface area contributed by atoms with Gasteiger partial charge in [-0.3, -0.25) is 5.10 Å². The van der Waals surface area contributed by atoms with E-state index in [1.807, 2.05) is 0 Å². The Hall–Kier alpha value is -0.940. The van der Waals surface area contributed by atoms with Gasteiger partial charge in [0, 0.05) is 12.0 Å². The molecule has 2 rings (SSSR count). The molecule has 0 saturated carbocycles. The summed E-state index contributed by atoms with van der Waals surface area (Å²) in [6.07, 6.45) is 0. The van der Waals surface area contributed by atoms with Crippen LogP contribution in [0.5, 0.6) is 0 Å². The van der Waals surface area contributed by atoms with Gasteiger partial charge in [0.15, 0.2) is 5.82 Å². The second-order valence-electron chi connectivity index (χ2n) is 4.04. The van der Waals surface area contributed by atoms with Crippen molar-refractivity contribution in [2.24, 2.45) is 5.73 Å². The summed E-state index contributed by atoms with van der Waals surface area (Å²) in [7, 11) is 0. The number of aromatic amines is 1. The highest BCUT2D eigenvalue weighted by Gasteiger charge is 2.29. The van der Waals surface area contributed by atoms with Crippen LogP contribution in [0.15, 0.2) is 0 Å². The van der Waals surface area contributed by atoms with Gasteiger partial charge in [0.2, 0.25) is 0 Å². The molecule has 0 bridgehead atoms. The number of nitrogens with zero attached hydrogens (tertiary/aromatic N) is 2. The lowest BCUT2D eigenvalue weighted by Gasteiger charge is -2.08. The topological polar surface area (TPSA) is 76.8 Å². The summed E-state index contributed by atoms with van der Waals surface area (Å²) in [5, 5.41) is 7.09. The monoisotopic (exact) mass is 196 g/mol. The maximum atomic E-state index is 5.88. The van der Waals surface area contributed by atoms with Gasteiger partial charge < -0.3 is 10.5 Å². The van der Waals surface area contributed by atoms with Gasteiger partial charge in [-0.2, -0.15) is 5.10 Å². The van der Waals surface area contributed by atoms with Crippen molar-refractivity contribution in [3.05, 3.63) is 11.6 Å². The van der Waals surface area contributed by atoms with E-state index >= 15 is 0 Å². The first kappa shape index (κ1) is 9.61. The van der Waals surface area contributed by atoms with E-state index in [1.54, 1.807) is 0 Å². The third-order valence-corrected chi connectivity index (χ3v) is 2.51. The van der Waals surface area contributed by atoms with Gasteiger partial charge in [0.05, 0.1) is 19.1 Å². The molecule has 5 nitrogen and oxygen atoms in total. The van der Waals surface area contributed by atoms with Crippen molar-refractivity contribution in [1.29, 1.82) is 0 Å². The highest BCUT2D eigenvalue weighted by Crippen LogP contribution is 2.22. The van der Waals surface area contributed by atoms with Crippen LogP contribution < -0.4 is 5.73 Å². The van der Waals surface area contributed by atoms with Gasteiger partial charge in [0.25, 0.3) is 0 Å². The van der Waals surface area contributed by atoms with E-state index < -0.39 is 0 Å². The second kappa shape index (κ2) is 3.67. The third-order valence-electron chi connectivity index (χ3n) is 2.51. The van der Waals surface area contributed by atoms with Crippen molar-refractivity contribution in [3.63, 3.8) is 0 Å². The molecule has 0 radical (unpaired) electrons. The number of ether oxygens (including phenoxy) is 1. The normalized spacial score (nSPS) is 27.4. The Balaban J connectivity index is 2.16. The zero-order valence-corrected chi connectivity index (χ0v) is 8.53. The molecule has 1 aliphatic heterocycles. The van der Waals surface area contributed by atoms with Crippen LogP contribution in [0.2, 0.25) is 0 Å². The zero-order valence-electron chi connectivity index (χ0n) is 8.53. The molecule has 14 heavy (non-hydrogen) atoms. The summed E-state index contributed by atoms with van der Waals surface area (Å²) in [4.78, 5) is 4.42. The maximum Gasteiger partial charge on any atom is 0.153 e. The van der Waals surface area contributed by atoms with E-state index in [0.717, 1.165) is 11.6 Å². The van der Waals surface area contributed by atoms with Crippen LogP contribution >= 0.6 is 0 Å². The fraction of sp³-hybridized carbons (Fsp3) is 0.778. The summed E-state index contributed by atoms with van der Waals surface area (Å²) < 4.78 is 5.28. The zero-order chi connectivity index (χ0) is 10.1. The molecule has 78 valence electrons. The smallest absolute Gasteiger partial charge is 0.153 e. The molecular formula is C9H16N4O. The van der Waals surface area contributed by atoms with E-state index in [-0.39, 0.29) is 12.0 Å². The third kappa shape index (κ3) is 1.65. The van der Waals surface area contributed by atoms with Crippen molar-refractivity contribution >= 4 is 0 Å². The van der Waals surface area contributed by atoms with Crippen LogP contribution in [0, 0.1) is 0 Å². The van der Waals surface area contributed by atoms with Crippen LogP contribution in [0.25, 0.3) is 0 Å². The van der Waals surface area contributed by atoms with Gasteiger partial charge in [0.1, 0.15) is 5.82 Å². The van der Waals surface area contributed by atoms with Crippen LogP contribution in [0.1, 0.15) is 37.3 Å². The van der Waals surface area contributed by atoms with Crippen LogP contribution in [0.3, 0.4) is 0 Å². The molecule has 1 fully saturated rings. The first-order valence-electron chi connectivity index (χ1n) is 4.94. The van der Waals surface area contributed by atoms with E-state index in [4.69, 9.17) is 10.5 Å². The lowest BCUT2D eigenvalue weighted by Crippen LogP contribution is -2.27. The predicted molar refractivity (Wildman–Crippen MR) is 52.0 cm³/mol. The number of H-pyrrole nitrogens is 1. The Morgan fingerprint density at radius 3 is 2.79 bits per heavy atom. The van der Waals surface area contributed by atoms with E-state index in [1.165, 1.54) is 0 Å². The molecule has 0 spiro atoms. The van der Waals surface area contributed by atoms with Crippen molar-refractivity contribution < 1.29 is 4.74 Å². The van der Waals surface area contributed by atoms with Gasteiger partial charge in [-0.15, -0.1) is 0 Å². The van der Waals surface area contributed by atoms with Crippen molar-refractivity contribution in [2.75, 3.05) is 13.2 Å². The van der Waals surface area contributed by atoms with E-state index in [2.05, 4.69) is 29.0 Å². The molecule has 2 atom stereocenters. The SMILES string of the molecule is CC(C)c1n[nH]c(C2COCC2N)n1. The van der Waals surface area contributed by atoms with Gasteiger partial charge in [-0.25, -0.2) is 4.98 Å². The van der Waals surface area contributed by atoms with Crippen LogP contribution in [-0.4, -0.2) is 34.4 Å². The Kier molecular flexibility index (Phi) is 2.52. The lowest BCUT2D eigenvalue weighted by atomic mass is 10.0. The Morgan fingerprint density at radius 2 is 2.29 bits per heavy atom. The average Bonchev–Trinajstić information content (AvgIpc) is 2.71. The highest BCUT2D eigenvalue weighted by molar-refractivity contribution is 5.05. The second-order valence-corrected chi connectivity index (χ2v) is 4.04. The standard InChI is InChI=1S/C9H16N4O/c1-5(2)8-11-9(13-12-8)6-3-14-4-7(6)10/h5-7H,3-4,10H2,1-2H3,(H,11,12,13). The van der Waals surface area contributed by atoms with Gasteiger partial charge in [-0.1, -0.05) is 13.8 Å². The molecule has 1 aromatic rings. The molecule has 2 unspecified atom stereocenters. The molecule has 2 heterocycles. The Labute approximate surface area is 83.1 Å². The Morgan fingerprint density at radius 1 is 1.50 bits per heavy atom. The average molecular weight is 196 g/mol. The Bertz CT molecular complexity index is 310. The molecule has 3 N–H and O–H groups in total. The van der Waals surface area contributed by atoms with Crippen molar-refractivity contribution in [2.45, 2.75) is 31.7 Å². The van der Waals surface area contributed by atoms with Gasteiger partial charge >= 0.3 is 0 Å². The largest absolute Gasteiger partial charge is 0.379 e. The van der Waals surface area contributed by atoms with Crippen molar-refractivity contribution in [3.8, 4) is 0 Å². The fourth-order valence-electron chi connectivity index (χ4n) is 1.56. The molecule has 5 heteroatoms. The summed E-state index contributed by atoms with van der Waals surface area (Å²) in [6.45, 7) is 5.40. The number of hydrogen-bond donors (Lipinski definition) is 2. The molecule has 0 aromatic carbocycles. The van der Waals surface area contributed by atoms with Crippen LogP contribution in [-0.2, 0) is 4.74 Å². The minimum Gasteiger partial charge on any atom is -0.379 e. The first-order valence-corrected chi connectivity index (χ1v) is 4.94. The highest BCUT2D eigenvalue weighted by atomic mass is 16.5. The molecule has 0 amide bonds. The predicted octanol–water partition coefficient (Wildman–Crippen LogP) is 0.369. The molecule has 1 aliphatic rings. The molecular weight excluding hydrogens is 180 g/mol. The van der Waals surface area contributed by atoms with Gasteiger partial charge in [-0.05, 0) is 0 Å².